The molecule has 2 atom stereocenters. The Labute approximate surface area is 238 Å². The molecule has 0 saturated carbocycles. The normalized spacial score (nSPS) is 21.6. The van der Waals surface area contributed by atoms with Gasteiger partial charge in [0.1, 0.15) is 5.75 Å². The van der Waals surface area contributed by atoms with Crippen molar-refractivity contribution in [1.29, 1.82) is 0 Å². The van der Waals surface area contributed by atoms with Gasteiger partial charge >= 0.3 is 5.97 Å². The van der Waals surface area contributed by atoms with Gasteiger partial charge in [0.05, 0.1) is 24.6 Å². The minimum absolute atomic E-state index is 0.0838. The minimum atomic E-state index is -0.466. The van der Waals surface area contributed by atoms with Gasteiger partial charge in [-0.05, 0) is 47.2 Å². The zero-order valence-electron chi connectivity index (χ0n) is 22.9. The highest BCUT2D eigenvalue weighted by Crippen LogP contribution is 2.60. The molecule has 3 aromatic carbocycles. The third kappa shape index (κ3) is 4.77. The Bertz CT molecular complexity index is 1400. The van der Waals surface area contributed by atoms with Crippen LogP contribution in [0, 0.1) is 11.8 Å². The lowest BCUT2D eigenvalue weighted by Crippen LogP contribution is -2.41. The average Bonchev–Trinajstić information content (AvgIpc) is 3.25. The molecule has 4 aliphatic rings. The molecule has 1 heterocycles. The Morgan fingerprint density at radius 2 is 1.29 bits per heavy atom. The van der Waals surface area contributed by atoms with Crippen molar-refractivity contribution in [3.63, 3.8) is 0 Å². The molecule has 0 spiro atoms. The fourth-order valence-corrected chi connectivity index (χ4v) is 6.83. The number of rotatable bonds is 10. The maximum absolute atomic E-state index is 13.6. The summed E-state index contributed by atoms with van der Waals surface area (Å²) in [5.41, 5.74) is 5.15. The van der Waals surface area contributed by atoms with Crippen molar-refractivity contribution in [1.82, 2.24) is 4.90 Å². The maximum atomic E-state index is 13.6. The van der Waals surface area contributed by atoms with E-state index in [0.717, 1.165) is 22.3 Å². The first-order chi connectivity index (χ1) is 20.0. The van der Waals surface area contributed by atoms with Crippen LogP contribution in [0.5, 0.6) is 5.75 Å². The summed E-state index contributed by atoms with van der Waals surface area (Å²) < 4.78 is 10.3. The molecule has 210 valence electrons. The van der Waals surface area contributed by atoms with Crippen molar-refractivity contribution in [3.8, 4) is 5.75 Å². The van der Waals surface area contributed by atoms with E-state index in [2.05, 4.69) is 29.6 Å². The predicted molar refractivity (Wildman–Crippen MR) is 151 cm³/mol. The van der Waals surface area contributed by atoms with Crippen molar-refractivity contribution in [3.05, 3.63) is 95.1 Å². The van der Waals surface area contributed by atoms with Crippen molar-refractivity contribution >= 4 is 29.4 Å². The molecule has 2 bridgehead atoms. The summed E-state index contributed by atoms with van der Waals surface area (Å²) in [6.07, 6.45) is 1.96. The number of nitrogens with one attached hydrogen (secondary N) is 1. The zero-order chi connectivity index (χ0) is 28.5. The van der Waals surface area contributed by atoms with Gasteiger partial charge in [0.25, 0.3) is 5.91 Å². The fourth-order valence-electron chi connectivity index (χ4n) is 6.83. The molecule has 3 amide bonds. The van der Waals surface area contributed by atoms with Crippen molar-refractivity contribution < 1.29 is 28.7 Å². The van der Waals surface area contributed by atoms with Gasteiger partial charge in [-0.15, -0.1) is 0 Å². The van der Waals surface area contributed by atoms with Crippen LogP contribution in [0.3, 0.4) is 0 Å². The van der Waals surface area contributed by atoms with Gasteiger partial charge in [-0.3, -0.25) is 24.1 Å². The van der Waals surface area contributed by atoms with E-state index in [1.807, 2.05) is 24.3 Å². The third-order valence-corrected chi connectivity index (χ3v) is 8.55. The standard InChI is InChI=1S/C33H32N2O6/c1-40-25-16-9-8-15-24(25)34-26(36)19-41-27(37)17-3-2-10-18-35-32(38)30-28-20-11-4-5-12-21(20)29(31(30)33(35)39)23-14-7-6-13-22(23)28/h4-9,11-16,28-31H,2-3,10,17-19H2,1H3,(H,34,36)/t28?,29?,30-,31-/m1/s1. The van der Waals surface area contributed by atoms with Crippen LogP contribution >= 0.6 is 0 Å². The number of nitrogens with zero attached hydrogens (tertiary/aromatic N) is 1. The van der Waals surface area contributed by atoms with E-state index in [-0.39, 0.29) is 48.5 Å². The highest BCUT2D eigenvalue weighted by atomic mass is 16.5. The maximum Gasteiger partial charge on any atom is 0.306 e. The molecule has 0 aromatic heterocycles. The molecule has 8 nitrogen and oxygen atoms in total. The minimum Gasteiger partial charge on any atom is -0.495 e. The van der Waals surface area contributed by atoms with E-state index >= 15 is 0 Å². The topological polar surface area (TPSA) is 102 Å². The molecule has 7 rings (SSSR count). The lowest BCUT2D eigenvalue weighted by molar-refractivity contribution is -0.147. The Morgan fingerprint density at radius 3 is 1.85 bits per heavy atom. The van der Waals surface area contributed by atoms with Gasteiger partial charge in [-0.25, -0.2) is 0 Å². The Morgan fingerprint density at radius 1 is 0.756 bits per heavy atom. The number of hydrogen-bond acceptors (Lipinski definition) is 6. The molecule has 0 radical (unpaired) electrons. The lowest BCUT2D eigenvalue weighted by atomic mass is 9.55. The number of ether oxygens (including phenoxy) is 2. The molecule has 3 aromatic rings. The molecule has 41 heavy (non-hydrogen) atoms. The van der Waals surface area contributed by atoms with Crippen molar-refractivity contribution in [2.75, 3.05) is 25.6 Å². The Hall–Kier alpha value is -4.46. The van der Waals surface area contributed by atoms with Crippen LogP contribution in [0.4, 0.5) is 5.69 Å². The van der Waals surface area contributed by atoms with Gasteiger partial charge in [0.15, 0.2) is 6.61 Å². The van der Waals surface area contributed by atoms with Gasteiger partial charge in [0.2, 0.25) is 11.8 Å². The van der Waals surface area contributed by atoms with E-state index in [1.165, 1.54) is 12.0 Å². The van der Waals surface area contributed by atoms with Crippen molar-refractivity contribution in [2.45, 2.75) is 37.5 Å². The van der Waals surface area contributed by atoms with Crippen LogP contribution in [0.1, 0.15) is 59.8 Å². The summed E-state index contributed by atoms with van der Waals surface area (Å²) >= 11 is 0. The second-order valence-electron chi connectivity index (χ2n) is 10.8. The van der Waals surface area contributed by atoms with E-state index in [1.54, 1.807) is 24.3 Å². The van der Waals surface area contributed by atoms with Crippen LogP contribution in [-0.2, 0) is 23.9 Å². The number of para-hydroxylation sites is 2. The van der Waals surface area contributed by atoms with E-state index in [4.69, 9.17) is 9.47 Å². The first-order valence-electron chi connectivity index (χ1n) is 14.1. The van der Waals surface area contributed by atoms with Gasteiger partial charge in [0, 0.05) is 24.8 Å². The summed E-state index contributed by atoms with van der Waals surface area (Å²) in [5.74, 6) is -1.51. The smallest absolute Gasteiger partial charge is 0.306 e. The average molecular weight is 553 g/mol. The second kappa shape index (κ2) is 11.2. The van der Waals surface area contributed by atoms with Crippen LogP contribution in [0.15, 0.2) is 72.8 Å². The second-order valence-corrected chi connectivity index (χ2v) is 10.8. The van der Waals surface area contributed by atoms with Gasteiger partial charge < -0.3 is 14.8 Å². The number of esters is 1. The molecule has 3 aliphatic carbocycles. The highest BCUT2D eigenvalue weighted by Gasteiger charge is 2.61. The summed E-state index contributed by atoms with van der Waals surface area (Å²) in [4.78, 5) is 53.1. The number of carbonyl (C=O) groups is 4. The number of benzene rings is 3. The van der Waals surface area contributed by atoms with E-state index in [9.17, 15) is 19.2 Å². The molecular formula is C33H32N2O6. The highest BCUT2D eigenvalue weighted by molar-refractivity contribution is 6.07. The number of likely N-dealkylation sites (tertiary alicyclic amines) is 1. The quantitative estimate of drug-likeness (QED) is 0.224. The van der Waals surface area contributed by atoms with E-state index in [0.29, 0.717) is 37.2 Å². The van der Waals surface area contributed by atoms with Crippen LogP contribution in [-0.4, -0.2) is 48.9 Å². The van der Waals surface area contributed by atoms with Gasteiger partial charge in [-0.1, -0.05) is 67.1 Å². The Balaban J connectivity index is 0.997. The molecule has 1 aliphatic heterocycles. The number of unbranched alkanes of at least 4 members (excludes halogenated alkanes) is 2. The van der Waals surface area contributed by atoms with Crippen LogP contribution in [0.25, 0.3) is 0 Å². The number of methoxy groups -OCH3 is 1. The summed E-state index contributed by atoms with van der Waals surface area (Å²) in [6, 6.07) is 23.4. The molecule has 1 saturated heterocycles. The van der Waals surface area contributed by atoms with Crippen LogP contribution in [0.2, 0.25) is 0 Å². The number of imide groups is 1. The molecule has 8 heteroatoms. The number of amides is 3. The Kier molecular flexibility index (Phi) is 7.30. The first-order valence-corrected chi connectivity index (χ1v) is 14.1. The van der Waals surface area contributed by atoms with Gasteiger partial charge in [-0.2, -0.15) is 0 Å². The summed E-state index contributed by atoms with van der Waals surface area (Å²) in [7, 11) is 1.51. The lowest BCUT2D eigenvalue weighted by Gasteiger charge is -2.45. The monoisotopic (exact) mass is 552 g/mol. The summed E-state index contributed by atoms with van der Waals surface area (Å²) in [6.45, 7) is -0.0449. The largest absolute Gasteiger partial charge is 0.495 e. The third-order valence-electron chi connectivity index (χ3n) is 8.55. The predicted octanol–water partition coefficient (Wildman–Crippen LogP) is 4.63. The molecule has 0 unspecified atom stereocenters. The number of anilines is 1. The van der Waals surface area contributed by atoms with E-state index < -0.39 is 11.9 Å². The zero-order valence-corrected chi connectivity index (χ0v) is 22.9. The summed E-state index contributed by atoms with van der Waals surface area (Å²) in [5, 5.41) is 2.67. The van der Waals surface area contributed by atoms with Crippen LogP contribution < -0.4 is 10.1 Å². The molecule has 1 N–H and O–H groups in total. The van der Waals surface area contributed by atoms with Crippen molar-refractivity contribution in [2.24, 2.45) is 11.8 Å². The number of carbonyl (C=O) groups excluding carboxylic acids is 4. The SMILES string of the molecule is COc1ccccc1NC(=O)COC(=O)CCCCCN1C(=O)[C@@H]2C3c4ccccc4C(c4ccccc43)[C@H]2C1=O. The molecule has 1 fully saturated rings. The first kappa shape index (κ1) is 26.7. The number of hydrogen-bond donors (Lipinski definition) is 1. The fraction of sp³-hybridized carbons (Fsp3) is 0.333. The molecular weight excluding hydrogens is 520 g/mol.